The monoisotopic (exact) mass is 403 g/mol. The maximum absolute atomic E-state index is 12.8. The lowest BCUT2D eigenvalue weighted by atomic mass is 10.2. The third-order valence-electron chi connectivity index (χ3n) is 3.67. The van der Waals surface area contributed by atoms with E-state index in [1.165, 1.54) is 19.1 Å². The van der Waals surface area contributed by atoms with Gasteiger partial charge in [0.05, 0.1) is 0 Å². The van der Waals surface area contributed by atoms with Crippen molar-refractivity contribution in [1.82, 2.24) is 19.6 Å². The maximum atomic E-state index is 12.8. The van der Waals surface area contributed by atoms with Gasteiger partial charge >= 0.3 is 6.18 Å². The number of benzene rings is 1. The van der Waals surface area contributed by atoms with Crippen molar-refractivity contribution in [3.8, 4) is 5.75 Å². The van der Waals surface area contributed by atoms with Gasteiger partial charge in [-0.2, -0.15) is 23.1 Å². The van der Waals surface area contributed by atoms with Crippen molar-refractivity contribution in [2.24, 2.45) is 0 Å². The van der Waals surface area contributed by atoms with Gasteiger partial charge in [0.1, 0.15) is 18.2 Å². The highest BCUT2D eigenvalue weighted by molar-refractivity contribution is 6.01. The number of carbonyl (C=O) groups is 1. The molecule has 29 heavy (non-hydrogen) atoms. The third kappa shape index (κ3) is 4.98. The molecule has 0 saturated carbocycles. The fourth-order valence-electron chi connectivity index (χ4n) is 2.37. The number of alkyl halides is 3. The summed E-state index contributed by atoms with van der Waals surface area (Å²) in [5.41, 5.74) is 1.10. The summed E-state index contributed by atoms with van der Waals surface area (Å²) in [4.78, 5) is 19.4. The predicted octanol–water partition coefficient (Wildman–Crippen LogP) is 3.67. The van der Waals surface area contributed by atoms with Crippen LogP contribution in [0.25, 0.3) is 11.9 Å². The molecule has 0 atom stereocenters. The number of hydrogen-bond donors (Lipinski definition) is 1. The number of fused-ring (bicyclic) bond motifs is 1. The molecule has 1 aromatic carbocycles. The second kappa shape index (κ2) is 8.13. The molecule has 0 fully saturated rings. The molecule has 10 heteroatoms. The Balaban J connectivity index is 1.70. The van der Waals surface area contributed by atoms with E-state index in [9.17, 15) is 18.0 Å². The molecule has 0 aliphatic rings. The zero-order chi connectivity index (χ0) is 21.0. The Morgan fingerprint density at radius 2 is 2.00 bits per heavy atom. The highest BCUT2D eigenvalue weighted by Crippen LogP contribution is 2.26. The first-order valence-corrected chi connectivity index (χ1v) is 8.41. The summed E-state index contributed by atoms with van der Waals surface area (Å²) >= 11 is 0. The Kier molecular flexibility index (Phi) is 5.62. The van der Waals surface area contributed by atoms with Gasteiger partial charge in [-0.15, -0.1) is 5.10 Å². The molecule has 2 heterocycles. The Morgan fingerprint density at radius 3 is 2.66 bits per heavy atom. The minimum Gasteiger partial charge on any atom is -0.490 e. The number of nitrogens with one attached hydrogen (secondary N) is 1. The number of rotatable bonds is 6. The van der Waals surface area contributed by atoms with E-state index in [1.807, 2.05) is 0 Å². The lowest BCUT2D eigenvalue weighted by Crippen LogP contribution is -2.11. The van der Waals surface area contributed by atoms with Gasteiger partial charge in [0.2, 0.25) is 5.91 Å². The first kappa shape index (κ1) is 20.1. The van der Waals surface area contributed by atoms with E-state index in [1.54, 1.807) is 36.4 Å². The summed E-state index contributed by atoms with van der Waals surface area (Å²) in [6, 6.07) is 8.45. The fourth-order valence-corrected chi connectivity index (χ4v) is 2.37. The third-order valence-corrected chi connectivity index (χ3v) is 3.67. The van der Waals surface area contributed by atoms with E-state index in [-0.39, 0.29) is 11.6 Å². The smallest absolute Gasteiger partial charge is 0.453 e. The second-order valence-electron chi connectivity index (χ2n) is 5.92. The zero-order valence-corrected chi connectivity index (χ0v) is 15.3. The van der Waals surface area contributed by atoms with Crippen LogP contribution < -0.4 is 10.1 Å². The molecule has 1 amide bonds. The van der Waals surface area contributed by atoms with E-state index in [4.69, 9.17) is 4.74 Å². The van der Waals surface area contributed by atoms with E-state index in [0.29, 0.717) is 18.1 Å². The highest BCUT2D eigenvalue weighted by atomic mass is 19.4. The molecule has 3 aromatic rings. The molecular weight excluding hydrogens is 387 g/mol. The Bertz CT molecular complexity index is 1070. The summed E-state index contributed by atoms with van der Waals surface area (Å²) in [5, 5.41) is 5.88. The van der Waals surface area contributed by atoms with E-state index in [0.717, 1.165) is 10.1 Å². The number of ether oxygens (including phenoxy) is 1. The molecular formula is C19H16F3N5O2. The number of halogens is 3. The maximum Gasteiger partial charge on any atom is 0.453 e. The molecule has 0 radical (unpaired) electrons. The van der Waals surface area contributed by atoms with Gasteiger partial charge in [-0.3, -0.25) is 4.79 Å². The van der Waals surface area contributed by atoms with Gasteiger partial charge in [0.15, 0.2) is 0 Å². The molecule has 1 N–H and O–H groups in total. The molecule has 0 aliphatic heterocycles. The molecule has 0 unspecified atom stereocenters. The van der Waals surface area contributed by atoms with Gasteiger partial charge in [0, 0.05) is 17.8 Å². The van der Waals surface area contributed by atoms with Crippen LogP contribution in [0, 0.1) is 6.92 Å². The number of amides is 1. The summed E-state index contributed by atoms with van der Waals surface area (Å²) in [7, 11) is 0. The van der Waals surface area contributed by atoms with Crippen LogP contribution in [0.4, 0.5) is 19.0 Å². The van der Waals surface area contributed by atoms with Gasteiger partial charge in [-0.25, -0.2) is 4.52 Å². The van der Waals surface area contributed by atoms with Crippen LogP contribution >= 0.6 is 0 Å². The predicted molar refractivity (Wildman–Crippen MR) is 100 cm³/mol. The number of carbonyl (C=O) groups excluding carboxylic acids is 1. The first-order chi connectivity index (χ1) is 13.8. The molecule has 0 bridgehead atoms. The number of anilines is 1. The second-order valence-corrected chi connectivity index (χ2v) is 5.92. The van der Waals surface area contributed by atoms with E-state index < -0.39 is 17.9 Å². The van der Waals surface area contributed by atoms with Crippen molar-refractivity contribution in [1.29, 1.82) is 0 Å². The fraction of sp³-hybridized carbons (Fsp3) is 0.158. The molecule has 0 spiro atoms. The minimum atomic E-state index is -4.68. The average Bonchev–Trinajstić information content (AvgIpc) is 3.11. The number of aryl methyl sites for hydroxylation is 1. The summed E-state index contributed by atoms with van der Waals surface area (Å²) in [6.45, 7) is 5.49. The summed E-state index contributed by atoms with van der Waals surface area (Å²) in [6.07, 6.45) is -0.185. The normalized spacial score (nSPS) is 11.7. The largest absolute Gasteiger partial charge is 0.490 e. The highest BCUT2D eigenvalue weighted by Gasteiger charge is 2.36. The van der Waals surface area contributed by atoms with Crippen molar-refractivity contribution in [2.45, 2.75) is 13.1 Å². The van der Waals surface area contributed by atoms with Gasteiger partial charge < -0.3 is 10.1 Å². The molecule has 150 valence electrons. The van der Waals surface area contributed by atoms with Gasteiger partial charge in [0.25, 0.3) is 11.6 Å². The summed E-state index contributed by atoms with van der Waals surface area (Å²) < 4.78 is 44.6. The minimum absolute atomic E-state index is 0.0685. The SMILES string of the molecule is C=CCOc1ccc(/C=C/C(=O)Nc2cc(C)n3nc(C(F)(F)F)nc3n2)cc1. The number of nitrogens with zero attached hydrogens (tertiary/aromatic N) is 4. The molecule has 0 saturated heterocycles. The van der Waals surface area contributed by atoms with Crippen molar-refractivity contribution in [3.05, 3.63) is 66.1 Å². The van der Waals surface area contributed by atoms with Crippen LogP contribution in [0.5, 0.6) is 5.75 Å². The van der Waals surface area contributed by atoms with Crippen LogP contribution in [-0.4, -0.2) is 32.1 Å². The zero-order valence-electron chi connectivity index (χ0n) is 15.3. The molecule has 0 aliphatic carbocycles. The Morgan fingerprint density at radius 1 is 1.28 bits per heavy atom. The van der Waals surface area contributed by atoms with Gasteiger partial charge in [-0.1, -0.05) is 24.8 Å². The van der Waals surface area contributed by atoms with Crippen molar-refractivity contribution >= 4 is 23.6 Å². The Labute approximate surface area is 163 Å². The molecule has 2 aromatic heterocycles. The van der Waals surface area contributed by atoms with Crippen LogP contribution in [0.2, 0.25) is 0 Å². The number of aromatic nitrogens is 4. The molecule has 7 nitrogen and oxygen atoms in total. The summed E-state index contributed by atoms with van der Waals surface area (Å²) in [5.74, 6) is -1.31. The number of hydrogen-bond acceptors (Lipinski definition) is 5. The quantitative estimate of drug-likeness (QED) is 0.502. The first-order valence-electron chi connectivity index (χ1n) is 8.41. The van der Waals surface area contributed by atoms with Crippen molar-refractivity contribution in [2.75, 3.05) is 11.9 Å². The average molecular weight is 403 g/mol. The lowest BCUT2D eigenvalue weighted by molar-refractivity contribution is -0.144. The van der Waals surface area contributed by atoms with Crippen molar-refractivity contribution < 1.29 is 22.7 Å². The lowest BCUT2D eigenvalue weighted by Gasteiger charge is -2.04. The molecule has 3 rings (SSSR count). The van der Waals surface area contributed by atoms with E-state index in [2.05, 4.69) is 27.0 Å². The standard InChI is InChI=1S/C19H16F3N5O2/c1-3-10-29-14-7-4-13(5-8-14)6-9-16(28)23-15-11-12(2)27-18(24-15)25-17(26-27)19(20,21)22/h3-9,11H,1,10H2,2H3,(H,23,24,25,26,28)/b9-6+. The van der Waals surface area contributed by atoms with E-state index >= 15 is 0 Å². The Hall–Kier alpha value is -3.69. The van der Waals surface area contributed by atoms with Crippen LogP contribution in [0.1, 0.15) is 17.1 Å². The van der Waals surface area contributed by atoms with Gasteiger partial charge in [-0.05, 0) is 30.7 Å². The van der Waals surface area contributed by atoms with Crippen molar-refractivity contribution in [3.63, 3.8) is 0 Å². The topological polar surface area (TPSA) is 81.4 Å². The van der Waals surface area contributed by atoms with Crippen LogP contribution in [-0.2, 0) is 11.0 Å². The van der Waals surface area contributed by atoms with Crippen LogP contribution in [0.15, 0.2) is 49.1 Å². The van der Waals surface area contributed by atoms with Crippen LogP contribution in [0.3, 0.4) is 0 Å².